The molecule has 35 heavy (non-hydrogen) atoms. The lowest BCUT2D eigenvalue weighted by atomic mass is 10.1. The number of rotatable bonds is 7. The fraction of sp³-hybridized carbons (Fsp3) is 0.269. The SMILES string of the molecule is c1ccc(CCn2nnnc2[C@H](c2cccnc2)N2CCN(c3nc4ccccc4s3)CC2)cc1. The third kappa shape index (κ3) is 4.65. The number of thiazole rings is 1. The highest BCUT2D eigenvalue weighted by Gasteiger charge is 2.31. The third-order valence-corrected chi connectivity index (χ3v) is 7.59. The zero-order valence-corrected chi connectivity index (χ0v) is 20.1. The van der Waals surface area contributed by atoms with Gasteiger partial charge in [0.1, 0.15) is 0 Å². The first-order chi connectivity index (χ1) is 17.3. The Labute approximate surface area is 207 Å². The van der Waals surface area contributed by atoms with Crippen LogP contribution in [-0.2, 0) is 13.0 Å². The lowest BCUT2D eigenvalue weighted by Gasteiger charge is -2.38. The van der Waals surface area contributed by atoms with Crippen molar-refractivity contribution in [2.75, 3.05) is 31.1 Å². The first-order valence-corrected chi connectivity index (χ1v) is 12.7. The summed E-state index contributed by atoms with van der Waals surface area (Å²) in [5, 5.41) is 14.0. The predicted octanol–water partition coefficient (Wildman–Crippen LogP) is 3.83. The lowest BCUT2D eigenvalue weighted by Crippen LogP contribution is -2.48. The molecule has 0 aliphatic carbocycles. The summed E-state index contributed by atoms with van der Waals surface area (Å²) in [7, 11) is 0. The van der Waals surface area contributed by atoms with Crippen LogP contribution in [0.1, 0.15) is 23.0 Å². The second-order valence-corrected chi connectivity index (χ2v) is 9.68. The van der Waals surface area contributed by atoms with E-state index in [2.05, 4.69) is 78.8 Å². The molecule has 0 unspecified atom stereocenters. The van der Waals surface area contributed by atoms with Gasteiger partial charge < -0.3 is 4.90 Å². The molecule has 0 N–H and O–H groups in total. The maximum absolute atomic E-state index is 4.86. The minimum Gasteiger partial charge on any atom is -0.345 e. The van der Waals surface area contributed by atoms with E-state index >= 15 is 0 Å². The molecule has 0 saturated carbocycles. The van der Waals surface area contributed by atoms with Gasteiger partial charge in [0.25, 0.3) is 0 Å². The molecule has 0 spiro atoms. The van der Waals surface area contributed by atoms with Crippen LogP contribution < -0.4 is 4.90 Å². The van der Waals surface area contributed by atoms with Gasteiger partial charge in [-0.2, -0.15) is 0 Å². The van der Waals surface area contributed by atoms with Crippen molar-refractivity contribution in [3.05, 3.63) is 96.1 Å². The van der Waals surface area contributed by atoms with Crippen molar-refractivity contribution in [1.82, 2.24) is 35.1 Å². The molecule has 3 aromatic heterocycles. The van der Waals surface area contributed by atoms with Crippen molar-refractivity contribution in [1.29, 1.82) is 0 Å². The van der Waals surface area contributed by atoms with E-state index in [1.807, 2.05) is 35.3 Å². The highest BCUT2D eigenvalue weighted by Crippen LogP contribution is 2.32. The standard InChI is InChI=1S/C26H26N8S/c1-2-7-20(8-3-1)12-14-34-25(29-30-31-34)24(21-9-6-13-27-19-21)32-15-17-33(18-16-32)26-28-22-10-4-5-11-23(22)35-26/h1-11,13,19,24H,12,14-18H2/t24-/m0/s1. The van der Waals surface area contributed by atoms with E-state index in [1.54, 1.807) is 11.3 Å². The number of hydrogen-bond donors (Lipinski definition) is 0. The number of para-hydroxylation sites is 1. The molecule has 6 rings (SSSR count). The summed E-state index contributed by atoms with van der Waals surface area (Å²) in [6.45, 7) is 4.32. The molecule has 1 atom stereocenters. The van der Waals surface area contributed by atoms with Crippen molar-refractivity contribution in [3.63, 3.8) is 0 Å². The number of anilines is 1. The molecule has 5 aromatic rings. The van der Waals surface area contributed by atoms with Crippen LogP contribution >= 0.6 is 11.3 Å². The summed E-state index contributed by atoms with van der Waals surface area (Å²) in [4.78, 5) is 14.1. The van der Waals surface area contributed by atoms with Crippen LogP contribution in [0.25, 0.3) is 10.2 Å². The van der Waals surface area contributed by atoms with E-state index in [-0.39, 0.29) is 6.04 Å². The number of pyridine rings is 1. The van der Waals surface area contributed by atoms with Crippen LogP contribution in [0.2, 0.25) is 0 Å². The predicted molar refractivity (Wildman–Crippen MR) is 137 cm³/mol. The molecule has 1 fully saturated rings. The second kappa shape index (κ2) is 9.89. The first-order valence-electron chi connectivity index (χ1n) is 11.9. The van der Waals surface area contributed by atoms with Gasteiger partial charge in [-0.3, -0.25) is 9.88 Å². The van der Waals surface area contributed by atoms with E-state index in [9.17, 15) is 0 Å². The van der Waals surface area contributed by atoms with Crippen molar-refractivity contribution in [2.24, 2.45) is 0 Å². The van der Waals surface area contributed by atoms with Crippen molar-refractivity contribution in [3.8, 4) is 0 Å². The first kappa shape index (κ1) is 21.8. The largest absolute Gasteiger partial charge is 0.345 e. The van der Waals surface area contributed by atoms with E-state index < -0.39 is 0 Å². The Hall–Kier alpha value is -3.69. The van der Waals surface area contributed by atoms with Crippen LogP contribution in [0, 0.1) is 0 Å². The van der Waals surface area contributed by atoms with Crippen molar-refractivity contribution in [2.45, 2.75) is 19.0 Å². The average molecular weight is 483 g/mol. The zero-order valence-electron chi connectivity index (χ0n) is 19.3. The van der Waals surface area contributed by atoms with Gasteiger partial charge in [-0.25, -0.2) is 9.67 Å². The van der Waals surface area contributed by atoms with Gasteiger partial charge in [0.05, 0.1) is 16.3 Å². The van der Waals surface area contributed by atoms with Crippen LogP contribution in [0.4, 0.5) is 5.13 Å². The van der Waals surface area contributed by atoms with Gasteiger partial charge in [-0.1, -0.05) is 59.9 Å². The highest BCUT2D eigenvalue weighted by atomic mass is 32.1. The topological polar surface area (TPSA) is 75.9 Å². The lowest BCUT2D eigenvalue weighted by molar-refractivity contribution is 0.200. The van der Waals surface area contributed by atoms with Crippen molar-refractivity contribution >= 4 is 26.7 Å². The Kier molecular flexibility index (Phi) is 6.17. The minimum absolute atomic E-state index is 0.0491. The number of fused-ring (bicyclic) bond motifs is 1. The summed E-state index contributed by atoms with van der Waals surface area (Å²) in [6, 6.07) is 22.9. The maximum Gasteiger partial charge on any atom is 0.186 e. The Morgan fingerprint density at radius 2 is 1.71 bits per heavy atom. The number of aryl methyl sites for hydroxylation is 2. The van der Waals surface area contributed by atoms with Gasteiger partial charge in [0, 0.05) is 45.1 Å². The quantitative estimate of drug-likeness (QED) is 0.349. The van der Waals surface area contributed by atoms with Crippen molar-refractivity contribution < 1.29 is 0 Å². The van der Waals surface area contributed by atoms with E-state index in [0.717, 1.165) is 61.2 Å². The molecule has 1 aliphatic heterocycles. The average Bonchev–Trinajstić information content (AvgIpc) is 3.57. The number of benzene rings is 2. The van der Waals surface area contributed by atoms with Crippen LogP contribution in [0.15, 0.2) is 79.1 Å². The van der Waals surface area contributed by atoms with Gasteiger partial charge in [-0.05, 0) is 46.2 Å². The summed E-state index contributed by atoms with van der Waals surface area (Å²) in [5.41, 5.74) is 3.45. The van der Waals surface area contributed by atoms with Gasteiger partial charge in [0.2, 0.25) is 0 Å². The molecule has 8 nitrogen and oxygen atoms in total. The van der Waals surface area contributed by atoms with Gasteiger partial charge in [-0.15, -0.1) is 5.10 Å². The molecule has 4 heterocycles. The Bertz CT molecular complexity index is 1340. The summed E-state index contributed by atoms with van der Waals surface area (Å²) < 4.78 is 3.18. The number of piperazine rings is 1. The second-order valence-electron chi connectivity index (χ2n) is 8.67. The van der Waals surface area contributed by atoms with Crippen LogP contribution in [0.3, 0.4) is 0 Å². The smallest absolute Gasteiger partial charge is 0.186 e. The Balaban J connectivity index is 1.23. The molecule has 176 valence electrons. The Morgan fingerprint density at radius 1 is 0.886 bits per heavy atom. The fourth-order valence-corrected chi connectivity index (χ4v) is 5.69. The molecular weight excluding hydrogens is 456 g/mol. The third-order valence-electron chi connectivity index (χ3n) is 6.49. The molecule has 1 saturated heterocycles. The molecule has 0 radical (unpaired) electrons. The number of aromatic nitrogens is 6. The zero-order chi connectivity index (χ0) is 23.5. The minimum atomic E-state index is -0.0491. The number of hydrogen-bond acceptors (Lipinski definition) is 8. The molecule has 9 heteroatoms. The van der Waals surface area contributed by atoms with Gasteiger partial charge >= 0.3 is 0 Å². The molecule has 2 aromatic carbocycles. The molecular formula is C26H26N8S. The normalized spacial score (nSPS) is 15.5. The summed E-state index contributed by atoms with van der Waals surface area (Å²) in [6.07, 6.45) is 4.62. The monoisotopic (exact) mass is 482 g/mol. The molecule has 1 aliphatic rings. The van der Waals surface area contributed by atoms with Crippen LogP contribution in [-0.4, -0.2) is 61.3 Å². The van der Waals surface area contributed by atoms with E-state index in [1.165, 1.54) is 10.3 Å². The summed E-state index contributed by atoms with van der Waals surface area (Å²) >= 11 is 1.76. The highest BCUT2D eigenvalue weighted by molar-refractivity contribution is 7.22. The van der Waals surface area contributed by atoms with Gasteiger partial charge in [0.15, 0.2) is 11.0 Å². The van der Waals surface area contributed by atoms with E-state index in [0.29, 0.717) is 0 Å². The fourth-order valence-electron chi connectivity index (χ4n) is 4.67. The number of nitrogens with zero attached hydrogens (tertiary/aromatic N) is 8. The summed E-state index contributed by atoms with van der Waals surface area (Å²) in [5.74, 6) is 0.863. The molecule has 0 amide bonds. The Morgan fingerprint density at radius 3 is 2.51 bits per heavy atom. The van der Waals surface area contributed by atoms with E-state index in [4.69, 9.17) is 4.98 Å². The maximum atomic E-state index is 4.86. The molecule has 0 bridgehead atoms. The number of tetrazole rings is 1. The van der Waals surface area contributed by atoms with Crippen LogP contribution in [0.5, 0.6) is 0 Å².